The summed E-state index contributed by atoms with van der Waals surface area (Å²) in [5.41, 5.74) is 0.295. The van der Waals surface area contributed by atoms with Crippen LogP contribution in [-0.2, 0) is 0 Å². The average Bonchev–Trinajstić information content (AvgIpc) is 2.95. The van der Waals surface area contributed by atoms with E-state index in [-0.39, 0.29) is 0 Å². The maximum atomic E-state index is 9.27. The van der Waals surface area contributed by atoms with Gasteiger partial charge in [0.2, 0.25) is 0 Å². The predicted octanol–water partition coefficient (Wildman–Crippen LogP) is 0.396. The first-order valence-electron chi connectivity index (χ1n) is 5.76. The minimum absolute atomic E-state index is 0.295. The molecule has 2 rings (SSSR count). The highest BCUT2D eigenvalue weighted by molar-refractivity contribution is 4.95. The van der Waals surface area contributed by atoms with Gasteiger partial charge < -0.3 is 14.9 Å². The van der Waals surface area contributed by atoms with E-state index >= 15 is 0 Å². The molecule has 82 valence electrons. The first-order valence-corrected chi connectivity index (χ1v) is 5.76. The zero-order valence-corrected chi connectivity index (χ0v) is 9.21. The van der Waals surface area contributed by atoms with Gasteiger partial charge >= 0.3 is 0 Å². The molecule has 14 heavy (non-hydrogen) atoms. The predicted molar refractivity (Wildman–Crippen MR) is 57.3 cm³/mol. The molecule has 1 heterocycles. The van der Waals surface area contributed by atoms with Gasteiger partial charge in [0.25, 0.3) is 0 Å². The maximum absolute atomic E-state index is 9.27. The fourth-order valence-electron chi connectivity index (χ4n) is 2.28. The molecule has 1 aliphatic heterocycles. The lowest BCUT2D eigenvalue weighted by atomic mass is 10.1. The van der Waals surface area contributed by atoms with Crippen molar-refractivity contribution >= 4 is 0 Å². The van der Waals surface area contributed by atoms with Gasteiger partial charge in [0.1, 0.15) is 0 Å². The van der Waals surface area contributed by atoms with Crippen LogP contribution in [0.5, 0.6) is 0 Å². The van der Waals surface area contributed by atoms with Crippen LogP contribution in [0.1, 0.15) is 19.3 Å². The molecule has 3 nitrogen and oxygen atoms in total. The van der Waals surface area contributed by atoms with Crippen LogP contribution in [0.2, 0.25) is 0 Å². The van der Waals surface area contributed by atoms with Gasteiger partial charge in [-0.25, -0.2) is 0 Å². The van der Waals surface area contributed by atoms with Crippen molar-refractivity contribution in [2.24, 2.45) is 5.41 Å². The molecular formula is C11H22N2O. The van der Waals surface area contributed by atoms with Gasteiger partial charge in [-0.3, -0.25) is 0 Å². The summed E-state index contributed by atoms with van der Waals surface area (Å²) in [4.78, 5) is 4.94. The molecule has 3 heteroatoms. The summed E-state index contributed by atoms with van der Waals surface area (Å²) >= 11 is 0. The number of aliphatic hydroxyl groups is 1. The van der Waals surface area contributed by atoms with Gasteiger partial charge in [0, 0.05) is 31.7 Å². The summed E-state index contributed by atoms with van der Waals surface area (Å²) in [5.74, 6) is 0. The van der Waals surface area contributed by atoms with E-state index in [1.165, 1.54) is 45.4 Å². The second-order valence-electron chi connectivity index (χ2n) is 5.09. The Hall–Kier alpha value is -0.120. The minimum Gasteiger partial charge on any atom is -0.396 e. The van der Waals surface area contributed by atoms with Crippen molar-refractivity contribution in [3.05, 3.63) is 0 Å². The van der Waals surface area contributed by atoms with Crippen molar-refractivity contribution in [3.63, 3.8) is 0 Å². The van der Waals surface area contributed by atoms with Gasteiger partial charge in [-0.05, 0) is 39.4 Å². The molecule has 0 aromatic carbocycles. The largest absolute Gasteiger partial charge is 0.396 e. The Kier molecular flexibility index (Phi) is 3.10. The Labute approximate surface area is 86.7 Å². The standard InChI is InChI=1S/C11H22N2O/c1-12-5-2-6-13(8-7-12)9-11(10-14)3-4-11/h14H,2-10H2,1H3. The molecule has 0 atom stereocenters. The summed E-state index contributed by atoms with van der Waals surface area (Å²) in [5, 5.41) is 9.27. The van der Waals surface area contributed by atoms with E-state index in [1.807, 2.05) is 0 Å². The molecule has 0 aromatic heterocycles. The van der Waals surface area contributed by atoms with Gasteiger partial charge in [0.05, 0.1) is 0 Å². The second kappa shape index (κ2) is 4.17. The van der Waals surface area contributed by atoms with E-state index in [2.05, 4.69) is 16.8 Å². The number of aliphatic hydroxyl groups excluding tert-OH is 1. The second-order valence-corrected chi connectivity index (χ2v) is 5.09. The molecule has 1 aliphatic carbocycles. The van der Waals surface area contributed by atoms with Crippen LogP contribution in [0, 0.1) is 5.41 Å². The number of likely N-dealkylation sites (N-methyl/N-ethyl adjacent to an activating group) is 1. The van der Waals surface area contributed by atoms with Gasteiger partial charge in [-0.15, -0.1) is 0 Å². The molecule has 2 aliphatic rings. The van der Waals surface area contributed by atoms with Crippen LogP contribution in [-0.4, -0.2) is 61.3 Å². The van der Waals surface area contributed by atoms with Crippen molar-refractivity contribution in [2.45, 2.75) is 19.3 Å². The Morgan fingerprint density at radius 3 is 2.57 bits per heavy atom. The molecule has 0 spiro atoms. The van der Waals surface area contributed by atoms with Crippen molar-refractivity contribution in [2.75, 3.05) is 46.4 Å². The minimum atomic E-state index is 0.295. The van der Waals surface area contributed by atoms with Crippen LogP contribution >= 0.6 is 0 Å². The fraction of sp³-hybridized carbons (Fsp3) is 1.00. The third-order valence-corrected chi connectivity index (χ3v) is 3.66. The van der Waals surface area contributed by atoms with E-state index in [9.17, 15) is 5.11 Å². The van der Waals surface area contributed by atoms with Crippen LogP contribution in [0.3, 0.4) is 0 Å². The van der Waals surface area contributed by atoms with Crippen LogP contribution in [0.4, 0.5) is 0 Å². The van der Waals surface area contributed by atoms with E-state index in [0.717, 1.165) is 6.54 Å². The summed E-state index contributed by atoms with van der Waals surface area (Å²) < 4.78 is 0. The molecule has 0 unspecified atom stereocenters. The third kappa shape index (κ3) is 2.47. The highest BCUT2D eigenvalue weighted by Crippen LogP contribution is 2.45. The van der Waals surface area contributed by atoms with Crippen molar-refractivity contribution < 1.29 is 5.11 Å². The highest BCUT2D eigenvalue weighted by atomic mass is 16.3. The van der Waals surface area contributed by atoms with E-state index in [0.29, 0.717) is 12.0 Å². The topological polar surface area (TPSA) is 26.7 Å². The third-order valence-electron chi connectivity index (χ3n) is 3.66. The number of rotatable bonds is 3. The van der Waals surface area contributed by atoms with Crippen molar-refractivity contribution in [3.8, 4) is 0 Å². The van der Waals surface area contributed by atoms with Crippen molar-refractivity contribution in [1.82, 2.24) is 9.80 Å². The first-order chi connectivity index (χ1) is 6.74. The molecule has 1 saturated carbocycles. The van der Waals surface area contributed by atoms with Crippen molar-refractivity contribution in [1.29, 1.82) is 0 Å². The average molecular weight is 198 g/mol. The highest BCUT2D eigenvalue weighted by Gasteiger charge is 2.43. The lowest BCUT2D eigenvalue weighted by Gasteiger charge is -2.24. The fourth-order valence-corrected chi connectivity index (χ4v) is 2.28. The molecule has 0 bridgehead atoms. The molecule has 0 radical (unpaired) electrons. The van der Waals surface area contributed by atoms with Crippen LogP contribution in [0.15, 0.2) is 0 Å². The zero-order valence-electron chi connectivity index (χ0n) is 9.21. The lowest BCUT2D eigenvalue weighted by molar-refractivity contribution is 0.151. The number of hydrogen-bond donors (Lipinski definition) is 1. The molecule has 1 N–H and O–H groups in total. The maximum Gasteiger partial charge on any atom is 0.0499 e. The van der Waals surface area contributed by atoms with E-state index in [1.54, 1.807) is 0 Å². The lowest BCUT2D eigenvalue weighted by Crippen LogP contribution is -2.35. The van der Waals surface area contributed by atoms with E-state index < -0.39 is 0 Å². The van der Waals surface area contributed by atoms with Gasteiger partial charge in [-0.1, -0.05) is 0 Å². The number of nitrogens with zero attached hydrogens (tertiary/aromatic N) is 2. The summed E-state index contributed by atoms with van der Waals surface area (Å²) in [6.45, 7) is 6.31. The smallest absolute Gasteiger partial charge is 0.0499 e. The van der Waals surface area contributed by atoms with Crippen LogP contribution < -0.4 is 0 Å². The van der Waals surface area contributed by atoms with E-state index in [4.69, 9.17) is 0 Å². The summed E-state index contributed by atoms with van der Waals surface area (Å²) in [7, 11) is 2.20. The Bertz CT molecular complexity index is 192. The first kappa shape index (κ1) is 10.4. The SMILES string of the molecule is CN1CCCN(CC2(CO)CC2)CC1. The molecule has 1 saturated heterocycles. The monoisotopic (exact) mass is 198 g/mol. The molecule has 0 amide bonds. The van der Waals surface area contributed by atoms with Gasteiger partial charge in [0.15, 0.2) is 0 Å². The normalized spacial score (nSPS) is 28.7. The molecule has 0 aromatic rings. The Morgan fingerprint density at radius 2 is 1.93 bits per heavy atom. The zero-order chi connectivity index (χ0) is 10.0. The summed E-state index contributed by atoms with van der Waals surface area (Å²) in [6, 6.07) is 0. The molecule has 2 fully saturated rings. The summed E-state index contributed by atoms with van der Waals surface area (Å²) in [6.07, 6.45) is 3.74. The quantitative estimate of drug-likeness (QED) is 0.711. The van der Waals surface area contributed by atoms with Crippen LogP contribution in [0.25, 0.3) is 0 Å². The van der Waals surface area contributed by atoms with Gasteiger partial charge in [-0.2, -0.15) is 0 Å². The molecular weight excluding hydrogens is 176 g/mol. The Morgan fingerprint density at radius 1 is 1.14 bits per heavy atom. The Balaban J connectivity index is 1.80. The number of hydrogen-bond acceptors (Lipinski definition) is 3.